The van der Waals surface area contributed by atoms with Crippen LogP contribution < -0.4 is 4.74 Å². The Morgan fingerprint density at radius 3 is 2.59 bits per heavy atom. The second-order valence-corrected chi connectivity index (χ2v) is 7.19. The first kappa shape index (κ1) is 15.1. The molecule has 0 spiro atoms. The molecule has 0 aliphatic carbocycles. The van der Waals surface area contributed by atoms with Gasteiger partial charge >= 0.3 is 0 Å². The number of rotatable bonds is 2. The summed E-state index contributed by atoms with van der Waals surface area (Å²) in [4.78, 5) is 8.12. The van der Waals surface area contributed by atoms with Crippen molar-refractivity contribution >= 4 is 27.0 Å². The lowest BCUT2D eigenvalue weighted by Crippen LogP contribution is -2.10. The van der Waals surface area contributed by atoms with Crippen LogP contribution in [0.1, 0.15) is 26.3 Å². The highest BCUT2D eigenvalue weighted by Gasteiger charge is 2.16. The maximum atomic E-state index is 5.33. The van der Waals surface area contributed by atoms with Crippen LogP contribution in [0.3, 0.4) is 0 Å². The van der Waals surface area contributed by atoms with E-state index in [0.717, 1.165) is 32.6 Å². The zero-order chi connectivity index (χ0) is 15.9. The predicted molar refractivity (Wildman–Crippen MR) is 94.5 cm³/mol. The Kier molecular flexibility index (Phi) is 3.73. The van der Waals surface area contributed by atoms with Crippen molar-refractivity contribution in [3.8, 4) is 17.1 Å². The van der Waals surface area contributed by atoms with Gasteiger partial charge in [-0.2, -0.15) is 0 Å². The molecule has 0 aliphatic rings. The second kappa shape index (κ2) is 5.43. The van der Waals surface area contributed by atoms with Gasteiger partial charge in [0.2, 0.25) is 0 Å². The molecule has 1 heterocycles. The molecule has 0 bridgehead atoms. The highest BCUT2D eigenvalue weighted by molar-refractivity contribution is 9.10. The average molecular weight is 359 g/mol. The SMILES string of the molecule is COc1ccc2[nH]c(-c3cccc(C(C)(C)C)c3)nc2c1Br. The van der Waals surface area contributed by atoms with Gasteiger partial charge in [-0.25, -0.2) is 4.98 Å². The number of hydrogen-bond acceptors (Lipinski definition) is 2. The molecule has 1 N–H and O–H groups in total. The quantitative estimate of drug-likeness (QED) is 0.674. The Morgan fingerprint density at radius 2 is 1.91 bits per heavy atom. The van der Waals surface area contributed by atoms with E-state index in [2.05, 4.69) is 66.0 Å². The summed E-state index contributed by atoms with van der Waals surface area (Å²) < 4.78 is 6.21. The molecule has 2 aromatic carbocycles. The molecular weight excluding hydrogens is 340 g/mol. The summed E-state index contributed by atoms with van der Waals surface area (Å²) in [5.41, 5.74) is 4.38. The van der Waals surface area contributed by atoms with Crippen molar-refractivity contribution in [2.75, 3.05) is 7.11 Å². The molecule has 114 valence electrons. The van der Waals surface area contributed by atoms with Gasteiger partial charge in [0, 0.05) is 5.56 Å². The molecule has 3 nitrogen and oxygen atoms in total. The molecule has 0 atom stereocenters. The first-order valence-corrected chi connectivity index (χ1v) is 8.02. The summed E-state index contributed by atoms with van der Waals surface area (Å²) >= 11 is 3.57. The van der Waals surface area contributed by atoms with Crippen LogP contribution in [0.15, 0.2) is 40.9 Å². The van der Waals surface area contributed by atoms with Crippen LogP contribution in [0.5, 0.6) is 5.75 Å². The zero-order valence-corrected chi connectivity index (χ0v) is 14.8. The van der Waals surface area contributed by atoms with Gasteiger partial charge in [-0.15, -0.1) is 0 Å². The minimum Gasteiger partial charge on any atom is -0.495 e. The number of aromatic amines is 1. The smallest absolute Gasteiger partial charge is 0.138 e. The van der Waals surface area contributed by atoms with Crippen molar-refractivity contribution in [3.63, 3.8) is 0 Å². The molecule has 3 aromatic rings. The number of methoxy groups -OCH3 is 1. The average Bonchev–Trinajstić information content (AvgIpc) is 2.92. The van der Waals surface area contributed by atoms with E-state index in [1.165, 1.54) is 5.56 Å². The van der Waals surface area contributed by atoms with Crippen LogP contribution in [-0.4, -0.2) is 17.1 Å². The van der Waals surface area contributed by atoms with Crippen molar-refractivity contribution in [1.29, 1.82) is 0 Å². The highest BCUT2D eigenvalue weighted by Crippen LogP contribution is 2.34. The molecule has 0 amide bonds. The van der Waals surface area contributed by atoms with Crippen molar-refractivity contribution in [1.82, 2.24) is 9.97 Å². The van der Waals surface area contributed by atoms with E-state index < -0.39 is 0 Å². The minimum absolute atomic E-state index is 0.117. The maximum absolute atomic E-state index is 5.33. The maximum Gasteiger partial charge on any atom is 0.138 e. The van der Waals surface area contributed by atoms with Crippen LogP contribution in [0, 0.1) is 0 Å². The lowest BCUT2D eigenvalue weighted by Gasteiger charge is -2.19. The Bertz CT molecular complexity index is 831. The molecule has 0 unspecified atom stereocenters. The second-order valence-electron chi connectivity index (χ2n) is 6.39. The summed E-state index contributed by atoms with van der Waals surface area (Å²) in [6.45, 7) is 6.64. The number of aromatic nitrogens is 2. The standard InChI is InChI=1S/C18H19BrN2O/c1-18(2,3)12-7-5-6-11(10-12)17-20-13-8-9-14(22-4)15(19)16(13)21-17/h5-10H,1-4H3,(H,20,21). The third kappa shape index (κ3) is 2.63. The molecular formula is C18H19BrN2O. The number of nitrogens with one attached hydrogen (secondary N) is 1. The highest BCUT2D eigenvalue weighted by atomic mass is 79.9. The molecule has 1 aromatic heterocycles. The van der Waals surface area contributed by atoms with Crippen molar-refractivity contribution in [2.45, 2.75) is 26.2 Å². The lowest BCUT2D eigenvalue weighted by atomic mass is 9.86. The van der Waals surface area contributed by atoms with Crippen LogP contribution in [0.25, 0.3) is 22.4 Å². The first-order valence-electron chi connectivity index (χ1n) is 7.23. The normalized spacial score (nSPS) is 11.9. The molecule has 0 radical (unpaired) electrons. The van der Waals surface area contributed by atoms with Gasteiger partial charge in [-0.3, -0.25) is 0 Å². The third-order valence-corrected chi connectivity index (χ3v) is 4.55. The number of hydrogen-bond donors (Lipinski definition) is 1. The van der Waals surface area contributed by atoms with E-state index in [4.69, 9.17) is 9.72 Å². The molecule has 3 rings (SSSR count). The van der Waals surface area contributed by atoms with Crippen molar-refractivity contribution < 1.29 is 4.74 Å². The number of fused-ring (bicyclic) bond motifs is 1. The van der Waals surface area contributed by atoms with Crippen molar-refractivity contribution in [3.05, 3.63) is 46.4 Å². The molecule has 0 aliphatic heterocycles. The number of imidazole rings is 1. The van der Waals surface area contributed by atoms with E-state index in [0.29, 0.717) is 0 Å². The monoisotopic (exact) mass is 358 g/mol. The summed E-state index contributed by atoms with van der Waals surface area (Å²) in [5.74, 6) is 1.66. The van der Waals surface area contributed by atoms with Gasteiger partial charge in [0.15, 0.2) is 0 Å². The Hall–Kier alpha value is -1.81. The van der Waals surface area contributed by atoms with Crippen LogP contribution in [0.4, 0.5) is 0 Å². The zero-order valence-electron chi connectivity index (χ0n) is 13.2. The Balaban J connectivity index is 2.13. The van der Waals surface area contributed by atoms with Gasteiger partial charge in [0.25, 0.3) is 0 Å². The lowest BCUT2D eigenvalue weighted by molar-refractivity contribution is 0.413. The van der Waals surface area contributed by atoms with Gasteiger partial charge in [-0.05, 0) is 45.1 Å². The molecule has 0 fully saturated rings. The summed E-state index contributed by atoms with van der Waals surface area (Å²) in [6.07, 6.45) is 0. The number of nitrogens with zero attached hydrogens (tertiary/aromatic N) is 1. The predicted octanol–water partition coefficient (Wildman–Crippen LogP) is 5.30. The van der Waals surface area contributed by atoms with Gasteiger partial charge < -0.3 is 9.72 Å². The molecule has 0 saturated heterocycles. The van der Waals surface area contributed by atoms with Gasteiger partial charge in [-0.1, -0.05) is 39.0 Å². The van der Waals surface area contributed by atoms with Crippen LogP contribution in [0.2, 0.25) is 0 Å². The number of H-pyrrole nitrogens is 1. The van der Waals surface area contributed by atoms with Crippen LogP contribution >= 0.6 is 15.9 Å². The minimum atomic E-state index is 0.117. The molecule has 4 heteroatoms. The Morgan fingerprint density at radius 1 is 1.14 bits per heavy atom. The summed E-state index contributed by atoms with van der Waals surface area (Å²) in [5, 5.41) is 0. The third-order valence-electron chi connectivity index (χ3n) is 3.78. The fraction of sp³-hybridized carbons (Fsp3) is 0.278. The molecule has 22 heavy (non-hydrogen) atoms. The fourth-order valence-electron chi connectivity index (χ4n) is 2.45. The Labute approximate surface area is 138 Å². The number of halogens is 1. The van der Waals surface area contributed by atoms with Crippen molar-refractivity contribution in [2.24, 2.45) is 0 Å². The van der Waals surface area contributed by atoms with E-state index in [-0.39, 0.29) is 5.41 Å². The molecule has 0 saturated carbocycles. The largest absolute Gasteiger partial charge is 0.495 e. The van der Waals surface area contributed by atoms with Gasteiger partial charge in [0.05, 0.1) is 17.1 Å². The fourth-order valence-corrected chi connectivity index (χ4v) is 3.05. The summed E-state index contributed by atoms with van der Waals surface area (Å²) in [7, 11) is 1.66. The summed E-state index contributed by atoms with van der Waals surface area (Å²) in [6, 6.07) is 12.4. The first-order chi connectivity index (χ1) is 10.4. The van der Waals surface area contributed by atoms with Gasteiger partial charge in [0.1, 0.15) is 17.1 Å². The van der Waals surface area contributed by atoms with E-state index >= 15 is 0 Å². The topological polar surface area (TPSA) is 37.9 Å². The van der Waals surface area contributed by atoms with Crippen LogP contribution in [-0.2, 0) is 5.41 Å². The van der Waals surface area contributed by atoms with E-state index in [1.807, 2.05) is 12.1 Å². The van der Waals surface area contributed by atoms with E-state index in [1.54, 1.807) is 7.11 Å². The van der Waals surface area contributed by atoms with E-state index in [9.17, 15) is 0 Å². The number of benzene rings is 2. The number of ether oxygens (including phenoxy) is 1.